The zero-order valence-corrected chi connectivity index (χ0v) is 18.7. The highest BCUT2D eigenvalue weighted by Crippen LogP contribution is 2.53. The molecular weight excluding hydrogens is 316 g/mol. The van der Waals surface area contributed by atoms with Crippen molar-refractivity contribution < 1.29 is 8.85 Å². The summed E-state index contributed by atoms with van der Waals surface area (Å²) in [6.45, 7) is 19.4. The van der Waals surface area contributed by atoms with Gasteiger partial charge in [-0.05, 0) is 82.4 Å². The normalized spacial score (nSPS) is 35.5. The van der Waals surface area contributed by atoms with Gasteiger partial charge >= 0.3 is 0 Å². The van der Waals surface area contributed by atoms with Crippen LogP contribution in [0.1, 0.15) is 39.5 Å². The smallest absolute Gasteiger partial charge is 0.241 e. The van der Waals surface area contributed by atoms with Crippen molar-refractivity contribution >= 4 is 16.6 Å². The van der Waals surface area contributed by atoms with Crippen LogP contribution < -0.4 is 0 Å². The molecule has 2 rings (SSSR count). The van der Waals surface area contributed by atoms with E-state index in [1.807, 2.05) is 0 Å². The minimum absolute atomic E-state index is 0.0730. The number of hydrogen-bond acceptors (Lipinski definition) is 2. The lowest BCUT2D eigenvalue weighted by Crippen LogP contribution is -2.48. The SMILES string of the molecule is C[C@H]1CC[C@H]2[C@@H](CC=C(O[Si](C)(C)C)[C@]2(C)CO[Si](C)(C)C)C1. The van der Waals surface area contributed by atoms with Gasteiger partial charge in [0.15, 0.2) is 8.32 Å². The van der Waals surface area contributed by atoms with Gasteiger partial charge in [-0.1, -0.05) is 20.3 Å². The van der Waals surface area contributed by atoms with Gasteiger partial charge in [0.25, 0.3) is 0 Å². The fraction of sp³-hybridized carbons (Fsp3) is 0.895. The lowest BCUT2D eigenvalue weighted by atomic mass is 9.59. The van der Waals surface area contributed by atoms with Crippen LogP contribution in [0, 0.1) is 23.2 Å². The summed E-state index contributed by atoms with van der Waals surface area (Å²) in [5.41, 5.74) is 0.0730. The summed E-state index contributed by atoms with van der Waals surface area (Å²) in [5.74, 6) is 3.69. The van der Waals surface area contributed by atoms with Gasteiger partial charge in [-0.2, -0.15) is 0 Å². The summed E-state index contributed by atoms with van der Waals surface area (Å²) in [5, 5.41) is 0. The summed E-state index contributed by atoms with van der Waals surface area (Å²) in [7, 11) is -3.11. The molecule has 0 amide bonds. The molecule has 0 saturated heterocycles. The van der Waals surface area contributed by atoms with E-state index < -0.39 is 16.6 Å². The Bertz CT molecular complexity index is 447. The van der Waals surface area contributed by atoms with Gasteiger partial charge in [-0.25, -0.2) is 0 Å². The Balaban J connectivity index is 2.28. The molecule has 0 aromatic carbocycles. The monoisotopic (exact) mass is 354 g/mol. The Morgan fingerprint density at radius 2 is 1.74 bits per heavy atom. The molecule has 0 N–H and O–H groups in total. The maximum absolute atomic E-state index is 6.57. The molecule has 4 heteroatoms. The molecule has 0 bridgehead atoms. The molecule has 0 radical (unpaired) electrons. The van der Waals surface area contributed by atoms with E-state index in [0.29, 0.717) is 0 Å². The van der Waals surface area contributed by atoms with Gasteiger partial charge in [0.1, 0.15) is 0 Å². The van der Waals surface area contributed by atoms with E-state index in [2.05, 4.69) is 59.2 Å². The van der Waals surface area contributed by atoms with Crippen molar-refractivity contribution in [1.82, 2.24) is 0 Å². The number of hydrogen-bond donors (Lipinski definition) is 0. The maximum atomic E-state index is 6.57. The third-order valence-corrected chi connectivity index (χ3v) is 7.30. The number of rotatable bonds is 5. The first-order valence-electron chi connectivity index (χ1n) is 9.44. The first-order chi connectivity index (χ1) is 10.4. The summed E-state index contributed by atoms with van der Waals surface area (Å²) >= 11 is 0. The van der Waals surface area contributed by atoms with Gasteiger partial charge in [-0.3, -0.25) is 0 Å². The third kappa shape index (κ3) is 4.96. The van der Waals surface area contributed by atoms with Gasteiger partial charge < -0.3 is 8.85 Å². The van der Waals surface area contributed by atoms with E-state index in [-0.39, 0.29) is 5.41 Å². The Morgan fingerprint density at radius 3 is 2.30 bits per heavy atom. The Kier molecular flexibility index (Phi) is 5.59. The van der Waals surface area contributed by atoms with Crippen LogP contribution >= 0.6 is 0 Å². The zero-order valence-electron chi connectivity index (χ0n) is 16.7. The van der Waals surface area contributed by atoms with E-state index in [9.17, 15) is 0 Å². The van der Waals surface area contributed by atoms with Crippen molar-refractivity contribution in [3.63, 3.8) is 0 Å². The van der Waals surface area contributed by atoms with Crippen LogP contribution in [0.2, 0.25) is 39.3 Å². The predicted octanol–water partition coefficient (Wildman–Crippen LogP) is 6.04. The molecule has 2 aliphatic carbocycles. The molecule has 23 heavy (non-hydrogen) atoms. The lowest BCUT2D eigenvalue weighted by Gasteiger charge is -2.51. The first-order valence-corrected chi connectivity index (χ1v) is 16.3. The second-order valence-corrected chi connectivity index (χ2v) is 19.1. The topological polar surface area (TPSA) is 18.5 Å². The average molecular weight is 355 g/mol. The molecule has 2 nitrogen and oxygen atoms in total. The third-order valence-electron chi connectivity index (χ3n) is 5.45. The van der Waals surface area contributed by atoms with Crippen LogP contribution in [-0.2, 0) is 8.85 Å². The maximum Gasteiger partial charge on any atom is 0.241 e. The van der Waals surface area contributed by atoms with Crippen molar-refractivity contribution in [1.29, 1.82) is 0 Å². The predicted molar refractivity (Wildman–Crippen MR) is 105 cm³/mol. The molecule has 1 fully saturated rings. The van der Waals surface area contributed by atoms with E-state index >= 15 is 0 Å². The second kappa shape index (κ2) is 6.68. The highest BCUT2D eigenvalue weighted by atomic mass is 28.4. The van der Waals surface area contributed by atoms with E-state index in [1.165, 1.54) is 31.4 Å². The van der Waals surface area contributed by atoms with Gasteiger partial charge in [-0.15, -0.1) is 0 Å². The Labute approximate surface area is 146 Å². The molecule has 2 aliphatic rings. The summed E-state index contributed by atoms with van der Waals surface area (Å²) in [4.78, 5) is 0. The van der Waals surface area contributed by atoms with Crippen LogP contribution in [0.5, 0.6) is 0 Å². The molecule has 1 saturated carbocycles. The lowest BCUT2D eigenvalue weighted by molar-refractivity contribution is 0.00580. The summed E-state index contributed by atoms with van der Waals surface area (Å²) in [6.07, 6.45) is 7.71. The Morgan fingerprint density at radius 1 is 1.09 bits per heavy atom. The Hall–Kier alpha value is -0.0662. The highest BCUT2D eigenvalue weighted by Gasteiger charge is 2.48. The summed E-state index contributed by atoms with van der Waals surface area (Å²) in [6, 6.07) is 0. The van der Waals surface area contributed by atoms with Crippen molar-refractivity contribution in [3.05, 3.63) is 11.8 Å². The fourth-order valence-corrected chi connectivity index (χ4v) is 6.01. The minimum atomic E-state index is -1.59. The molecule has 0 aromatic heterocycles. The zero-order chi connectivity index (χ0) is 17.5. The highest BCUT2D eigenvalue weighted by molar-refractivity contribution is 6.70. The van der Waals surface area contributed by atoms with Crippen molar-refractivity contribution in [3.8, 4) is 0 Å². The van der Waals surface area contributed by atoms with Gasteiger partial charge in [0.05, 0.1) is 5.76 Å². The van der Waals surface area contributed by atoms with Crippen LogP contribution in [-0.4, -0.2) is 23.2 Å². The number of allylic oxidation sites excluding steroid dienone is 1. The van der Waals surface area contributed by atoms with Crippen LogP contribution in [0.4, 0.5) is 0 Å². The fourth-order valence-electron chi connectivity index (χ4n) is 4.31. The van der Waals surface area contributed by atoms with E-state index in [4.69, 9.17) is 8.85 Å². The van der Waals surface area contributed by atoms with Gasteiger partial charge in [0.2, 0.25) is 8.32 Å². The van der Waals surface area contributed by atoms with Crippen molar-refractivity contribution in [2.45, 2.75) is 78.8 Å². The van der Waals surface area contributed by atoms with Gasteiger partial charge in [0, 0.05) is 12.0 Å². The molecular formula is C19H38O2Si2. The van der Waals surface area contributed by atoms with E-state index in [0.717, 1.165) is 24.4 Å². The van der Waals surface area contributed by atoms with Crippen LogP contribution in [0.25, 0.3) is 0 Å². The largest absolute Gasteiger partial charge is 0.547 e. The molecule has 4 atom stereocenters. The molecule has 0 aromatic rings. The molecule has 0 aliphatic heterocycles. The summed E-state index contributed by atoms with van der Waals surface area (Å²) < 4.78 is 13.0. The second-order valence-electron chi connectivity index (χ2n) is 10.1. The molecule has 0 unspecified atom stereocenters. The molecule has 0 spiro atoms. The minimum Gasteiger partial charge on any atom is -0.547 e. The van der Waals surface area contributed by atoms with Crippen molar-refractivity contribution in [2.75, 3.05) is 6.61 Å². The average Bonchev–Trinajstić information content (AvgIpc) is 2.38. The van der Waals surface area contributed by atoms with Crippen LogP contribution in [0.15, 0.2) is 11.8 Å². The quantitative estimate of drug-likeness (QED) is 0.561. The van der Waals surface area contributed by atoms with Crippen LogP contribution in [0.3, 0.4) is 0 Å². The molecule has 134 valence electrons. The number of fused-ring (bicyclic) bond motifs is 1. The van der Waals surface area contributed by atoms with E-state index in [1.54, 1.807) is 0 Å². The molecule has 0 heterocycles. The first kappa shape index (κ1) is 19.3. The van der Waals surface area contributed by atoms with Crippen molar-refractivity contribution in [2.24, 2.45) is 23.2 Å². The standard InChI is InChI=1S/C19H38O2Si2/c1-15-9-11-17-16(13-15)10-12-18(21-23(6,7)8)19(17,2)14-20-22(3,4)5/h12,15-17H,9-11,13-14H2,1-8H3/t15-,16-,17-,19+/m0/s1.